The Morgan fingerprint density at radius 1 is 1.28 bits per heavy atom. The van der Waals surface area contributed by atoms with Crippen molar-refractivity contribution in [2.45, 2.75) is 38.5 Å². The van der Waals surface area contributed by atoms with Crippen molar-refractivity contribution >= 4 is 9.84 Å². The molecule has 0 N–H and O–H groups in total. The maximum Gasteiger partial charge on any atom is 0.182 e. The van der Waals surface area contributed by atoms with Crippen LogP contribution in [-0.4, -0.2) is 14.5 Å². The van der Waals surface area contributed by atoms with Gasteiger partial charge in [-0.3, -0.25) is 0 Å². The third kappa shape index (κ3) is 2.75. The topological polar surface area (TPSA) is 43.4 Å². The Balaban J connectivity index is 2.20. The standard InChI is InChI=1S/C14H18O3S/c1-3-13-9-14(11(2)17-13)18(15,16)10-12-7-5-4-6-8-12/h4-8,13H,3,9-10H2,1-2H3. The van der Waals surface area contributed by atoms with Crippen molar-refractivity contribution < 1.29 is 13.2 Å². The van der Waals surface area contributed by atoms with E-state index in [2.05, 4.69) is 0 Å². The molecular formula is C14H18O3S. The van der Waals surface area contributed by atoms with Gasteiger partial charge in [-0.2, -0.15) is 0 Å². The van der Waals surface area contributed by atoms with Gasteiger partial charge in [-0.25, -0.2) is 8.42 Å². The molecule has 0 aromatic heterocycles. The lowest BCUT2D eigenvalue weighted by atomic mass is 10.2. The molecule has 0 fully saturated rings. The molecule has 3 nitrogen and oxygen atoms in total. The minimum atomic E-state index is -3.25. The summed E-state index contributed by atoms with van der Waals surface area (Å²) in [4.78, 5) is 0.471. The maximum absolute atomic E-state index is 12.3. The first-order valence-corrected chi connectivity index (χ1v) is 7.81. The predicted octanol–water partition coefficient (Wildman–Crippen LogP) is 3.03. The lowest BCUT2D eigenvalue weighted by Gasteiger charge is -2.06. The highest BCUT2D eigenvalue weighted by Gasteiger charge is 2.30. The molecule has 0 bridgehead atoms. The van der Waals surface area contributed by atoms with Crippen LogP contribution in [0.2, 0.25) is 0 Å². The van der Waals surface area contributed by atoms with Gasteiger partial charge in [0.2, 0.25) is 0 Å². The van der Waals surface area contributed by atoms with Gasteiger partial charge in [0.05, 0.1) is 10.7 Å². The molecule has 0 aliphatic carbocycles. The molecule has 0 amide bonds. The van der Waals surface area contributed by atoms with Crippen molar-refractivity contribution in [3.63, 3.8) is 0 Å². The second-order valence-electron chi connectivity index (χ2n) is 4.58. The van der Waals surface area contributed by atoms with Crippen molar-refractivity contribution in [2.75, 3.05) is 0 Å². The number of ether oxygens (including phenoxy) is 1. The number of rotatable bonds is 4. The smallest absolute Gasteiger partial charge is 0.182 e. The number of benzene rings is 1. The molecule has 0 saturated heterocycles. The first-order chi connectivity index (χ1) is 8.53. The zero-order valence-corrected chi connectivity index (χ0v) is 11.5. The van der Waals surface area contributed by atoms with Crippen LogP contribution in [0.4, 0.5) is 0 Å². The minimum absolute atomic E-state index is 0.0190. The van der Waals surface area contributed by atoms with Crippen molar-refractivity contribution in [3.05, 3.63) is 46.6 Å². The fourth-order valence-electron chi connectivity index (χ4n) is 2.16. The summed E-state index contributed by atoms with van der Waals surface area (Å²) < 4.78 is 30.2. The van der Waals surface area contributed by atoms with Gasteiger partial charge in [0.25, 0.3) is 0 Å². The van der Waals surface area contributed by atoms with Crippen molar-refractivity contribution in [1.82, 2.24) is 0 Å². The van der Waals surface area contributed by atoms with E-state index in [9.17, 15) is 8.42 Å². The van der Waals surface area contributed by atoms with E-state index in [0.717, 1.165) is 12.0 Å². The Hall–Kier alpha value is -1.29. The molecule has 0 spiro atoms. The van der Waals surface area contributed by atoms with Crippen LogP contribution in [0, 0.1) is 0 Å². The van der Waals surface area contributed by atoms with Crippen LogP contribution in [0.5, 0.6) is 0 Å². The highest BCUT2D eigenvalue weighted by atomic mass is 32.2. The molecule has 1 aromatic carbocycles. The maximum atomic E-state index is 12.3. The van der Waals surface area contributed by atoms with E-state index in [4.69, 9.17) is 4.74 Å². The van der Waals surface area contributed by atoms with Crippen LogP contribution in [0.1, 0.15) is 32.3 Å². The summed E-state index contributed by atoms with van der Waals surface area (Å²) in [6.45, 7) is 3.75. The quantitative estimate of drug-likeness (QED) is 0.841. The largest absolute Gasteiger partial charge is 0.494 e. The molecule has 1 aliphatic rings. The minimum Gasteiger partial charge on any atom is -0.494 e. The van der Waals surface area contributed by atoms with Crippen LogP contribution in [0.15, 0.2) is 41.0 Å². The number of hydrogen-bond acceptors (Lipinski definition) is 3. The average Bonchev–Trinajstić information content (AvgIpc) is 2.72. The highest BCUT2D eigenvalue weighted by Crippen LogP contribution is 2.32. The molecule has 1 atom stereocenters. The molecule has 1 heterocycles. The summed E-state index contributed by atoms with van der Waals surface area (Å²) in [7, 11) is -3.25. The zero-order chi connectivity index (χ0) is 13.2. The average molecular weight is 266 g/mol. The molecule has 98 valence electrons. The molecule has 1 aliphatic heterocycles. The van der Waals surface area contributed by atoms with Crippen LogP contribution in [-0.2, 0) is 20.3 Å². The second kappa shape index (κ2) is 5.14. The molecule has 4 heteroatoms. The zero-order valence-electron chi connectivity index (χ0n) is 10.7. The predicted molar refractivity (Wildman–Crippen MR) is 71.5 cm³/mol. The Morgan fingerprint density at radius 2 is 1.94 bits per heavy atom. The van der Waals surface area contributed by atoms with Gasteiger partial charge in [-0.05, 0) is 18.9 Å². The molecule has 2 rings (SSSR count). The normalized spacial score (nSPS) is 20.0. The Kier molecular flexibility index (Phi) is 3.76. The summed E-state index contributed by atoms with van der Waals surface area (Å²) in [6.07, 6.45) is 1.37. The molecule has 0 saturated carbocycles. The first-order valence-electron chi connectivity index (χ1n) is 6.16. The summed E-state index contributed by atoms with van der Waals surface area (Å²) in [6, 6.07) is 9.26. The van der Waals surface area contributed by atoms with Crippen LogP contribution >= 0.6 is 0 Å². The van der Waals surface area contributed by atoms with E-state index in [1.54, 1.807) is 6.92 Å². The Labute approximate surface area is 108 Å². The lowest BCUT2D eigenvalue weighted by Crippen LogP contribution is -2.09. The second-order valence-corrected chi connectivity index (χ2v) is 6.59. The van der Waals surface area contributed by atoms with Crippen molar-refractivity contribution in [1.29, 1.82) is 0 Å². The van der Waals surface area contributed by atoms with Gasteiger partial charge >= 0.3 is 0 Å². The summed E-state index contributed by atoms with van der Waals surface area (Å²) >= 11 is 0. The Bertz CT molecular complexity index is 544. The van der Waals surface area contributed by atoms with E-state index in [-0.39, 0.29) is 11.9 Å². The summed E-state index contributed by atoms with van der Waals surface area (Å²) in [5.41, 5.74) is 0.817. The highest BCUT2D eigenvalue weighted by molar-refractivity contribution is 7.94. The monoisotopic (exact) mass is 266 g/mol. The Morgan fingerprint density at radius 3 is 2.50 bits per heavy atom. The number of allylic oxidation sites excluding steroid dienone is 1. The SMILES string of the molecule is CCC1CC(S(=O)(=O)Cc2ccccc2)=C(C)O1. The van der Waals surface area contributed by atoms with E-state index < -0.39 is 9.84 Å². The molecule has 1 unspecified atom stereocenters. The van der Waals surface area contributed by atoms with E-state index in [0.29, 0.717) is 17.1 Å². The molecule has 18 heavy (non-hydrogen) atoms. The number of sulfone groups is 1. The van der Waals surface area contributed by atoms with E-state index in [1.807, 2.05) is 37.3 Å². The van der Waals surface area contributed by atoms with Crippen LogP contribution in [0.25, 0.3) is 0 Å². The number of hydrogen-bond donors (Lipinski definition) is 0. The summed E-state index contributed by atoms with van der Waals surface area (Å²) in [5.74, 6) is 0.623. The fourth-order valence-corrected chi connectivity index (χ4v) is 3.89. The molecule has 1 aromatic rings. The third-order valence-corrected chi connectivity index (χ3v) is 5.10. The van der Waals surface area contributed by atoms with Gasteiger partial charge in [-0.1, -0.05) is 37.3 Å². The van der Waals surface area contributed by atoms with Gasteiger partial charge in [0, 0.05) is 6.42 Å². The lowest BCUT2D eigenvalue weighted by molar-refractivity contribution is 0.141. The first kappa shape index (κ1) is 13.1. The van der Waals surface area contributed by atoms with Crippen molar-refractivity contribution in [2.24, 2.45) is 0 Å². The van der Waals surface area contributed by atoms with Gasteiger partial charge in [0.15, 0.2) is 9.84 Å². The van der Waals surface area contributed by atoms with Gasteiger partial charge in [-0.15, -0.1) is 0 Å². The van der Waals surface area contributed by atoms with Gasteiger partial charge < -0.3 is 4.74 Å². The fraction of sp³-hybridized carbons (Fsp3) is 0.429. The van der Waals surface area contributed by atoms with Crippen LogP contribution in [0.3, 0.4) is 0 Å². The molecule has 0 radical (unpaired) electrons. The van der Waals surface area contributed by atoms with E-state index in [1.165, 1.54) is 0 Å². The van der Waals surface area contributed by atoms with Crippen molar-refractivity contribution in [3.8, 4) is 0 Å². The molecular weight excluding hydrogens is 248 g/mol. The summed E-state index contributed by atoms with van der Waals surface area (Å²) in [5, 5.41) is 0. The van der Waals surface area contributed by atoms with Gasteiger partial charge in [0.1, 0.15) is 11.9 Å². The third-order valence-electron chi connectivity index (χ3n) is 3.18. The van der Waals surface area contributed by atoms with E-state index >= 15 is 0 Å². The van der Waals surface area contributed by atoms with Crippen LogP contribution < -0.4 is 0 Å².